The topological polar surface area (TPSA) is 47.6 Å². The molecule has 0 aromatic carbocycles. The third-order valence-corrected chi connectivity index (χ3v) is 4.54. The highest BCUT2D eigenvalue weighted by molar-refractivity contribution is 5.77. The molecule has 0 radical (unpaired) electrons. The summed E-state index contributed by atoms with van der Waals surface area (Å²) in [7, 11) is 1.74. The van der Waals surface area contributed by atoms with Crippen molar-refractivity contribution in [1.29, 1.82) is 0 Å². The van der Waals surface area contributed by atoms with Gasteiger partial charge in [0.15, 0.2) is 0 Å². The van der Waals surface area contributed by atoms with E-state index in [4.69, 9.17) is 9.47 Å². The molecular formula is C14H25NO3. The molecule has 4 nitrogen and oxygen atoms in total. The Hall–Kier alpha value is -0.610. The number of esters is 1. The lowest BCUT2D eigenvalue weighted by atomic mass is 9.84. The van der Waals surface area contributed by atoms with Gasteiger partial charge in [0.05, 0.1) is 11.5 Å². The lowest BCUT2D eigenvalue weighted by Crippen LogP contribution is -2.38. The summed E-state index contributed by atoms with van der Waals surface area (Å²) in [6.45, 7) is 3.77. The first-order chi connectivity index (χ1) is 8.70. The maximum Gasteiger partial charge on any atom is 0.313 e. The largest absolute Gasteiger partial charge is 0.462 e. The molecule has 1 heterocycles. The van der Waals surface area contributed by atoms with Gasteiger partial charge < -0.3 is 14.8 Å². The SMILES string of the molecule is CCC1(C(=O)OC2CCCC(OC)C2)CCNC1. The average Bonchev–Trinajstić information content (AvgIpc) is 2.89. The summed E-state index contributed by atoms with van der Waals surface area (Å²) < 4.78 is 11.1. The third-order valence-electron chi connectivity index (χ3n) is 4.54. The van der Waals surface area contributed by atoms with Crippen molar-refractivity contribution in [3.63, 3.8) is 0 Å². The summed E-state index contributed by atoms with van der Waals surface area (Å²) in [5.41, 5.74) is -0.278. The van der Waals surface area contributed by atoms with Crippen LogP contribution in [0, 0.1) is 5.41 Å². The van der Waals surface area contributed by atoms with Gasteiger partial charge in [0.25, 0.3) is 0 Å². The first-order valence-electron chi connectivity index (χ1n) is 7.15. The first-order valence-corrected chi connectivity index (χ1v) is 7.15. The van der Waals surface area contributed by atoms with Gasteiger partial charge in [-0.05, 0) is 38.6 Å². The quantitative estimate of drug-likeness (QED) is 0.779. The molecule has 1 aliphatic heterocycles. The van der Waals surface area contributed by atoms with E-state index < -0.39 is 0 Å². The van der Waals surface area contributed by atoms with E-state index in [9.17, 15) is 4.79 Å². The Morgan fingerprint density at radius 2 is 2.17 bits per heavy atom. The van der Waals surface area contributed by atoms with Crippen LogP contribution < -0.4 is 5.32 Å². The molecule has 18 heavy (non-hydrogen) atoms. The number of hydrogen-bond donors (Lipinski definition) is 1. The Morgan fingerprint density at radius 1 is 1.39 bits per heavy atom. The zero-order chi connectivity index (χ0) is 13.0. The predicted octanol–water partition coefficient (Wildman–Crippen LogP) is 1.88. The van der Waals surface area contributed by atoms with Crippen LogP contribution in [0.15, 0.2) is 0 Å². The van der Waals surface area contributed by atoms with Crippen molar-refractivity contribution in [2.45, 2.75) is 57.7 Å². The van der Waals surface area contributed by atoms with Crippen LogP contribution in [0.3, 0.4) is 0 Å². The fourth-order valence-electron chi connectivity index (χ4n) is 3.06. The fraction of sp³-hybridized carbons (Fsp3) is 0.929. The Morgan fingerprint density at radius 3 is 2.78 bits per heavy atom. The number of rotatable bonds is 4. The number of ether oxygens (including phenoxy) is 2. The van der Waals surface area contributed by atoms with Gasteiger partial charge in [-0.3, -0.25) is 4.79 Å². The molecule has 2 aliphatic rings. The predicted molar refractivity (Wildman–Crippen MR) is 69.4 cm³/mol. The van der Waals surface area contributed by atoms with Gasteiger partial charge in [0.2, 0.25) is 0 Å². The monoisotopic (exact) mass is 255 g/mol. The summed E-state index contributed by atoms with van der Waals surface area (Å²) in [5, 5.41) is 3.28. The van der Waals surface area contributed by atoms with Gasteiger partial charge in [0, 0.05) is 20.1 Å². The lowest BCUT2D eigenvalue weighted by molar-refractivity contribution is -0.164. The summed E-state index contributed by atoms with van der Waals surface area (Å²) in [4.78, 5) is 12.4. The molecule has 1 aliphatic carbocycles. The van der Waals surface area contributed by atoms with Crippen molar-refractivity contribution in [2.24, 2.45) is 5.41 Å². The second-order valence-electron chi connectivity index (χ2n) is 5.61. The van der Waals surface area contributed by atoms with Crippen molar-refractivity contribution in [1.82, 2.24) is 5.32 Å². The minimum Gasteiger partial charge on any atom is -0.462 e. The second kappa shape index (κ2) is 6.02. The molecule has 3 atom stereocenters. The van der Waals surface area contributed by atoms with Crippen LogP contribution in [0.2, 0.25) is 0 Å². The average molecular weight is 255 g/mol. The van der Waals surface area contributed by atoms with Crippen LogP contribution in [0.5, 0.6) is 0 Å². The number of hydrogen-bond acceptors (Lipinski definition) is 4. The molecular weight excluding hydrogens is 230 g/mol. The van der Waals surface area contributed by atoms with E-state index >= 15 is 0 Å². The normalized spacial score (nSPS) is 36.6. The van der Waals surface area contributed by atoms with Crippen molar-refractivity contribution in [3.05, 3.63) is 0 Å². The minimum atomic E-state index is -0.278. The maximum absolute atomic E-state index is 12.4. The van der Waals surface area contributed by atoms with Gasteiger partial charge in [-0.25, -0.2) is 0 Å². The summed E-state index contributed by atoms with van der Waals surface area (Å²) >= 11 is 0. The molecule has 0 amide bonds. The van der Waals surface area contributed by atoms with Crippen molar-refractivity contribution < 1.29 is 14.3 Å². The zero-order valence-corrected chi connectivity index (χ0v) is 11.5. The van der Waals surface area contributed by atoms with E-state index in [2.05, 4.69) is 12.2 Å². The molecule has 1 N–H and O–H groups in total. The van der Waals surface area contributed by atoms with Gasteiger partial charge in [0.1, 0.15) is 6.10 Å². The second-order valence-corrected chi connectivity index (χ2v) is 5.61. The Bertz CT molecular complexity index is 287. The molecule has 2 fully saturated rings. The highest BCUT2D eigenvalue weighted by Gasteiger charge is 2.42. The molecule has 1 saturated carbocycles. The van der Waals surface area contributed by atoms with Gasteiger partial charge in [-0.2, -0.15) is 0 Å². The molecule has 1 saturated heterocycles. The molecule has 0 aromatic heterocycles. The van der Waals surface area contributed by atoms with E-state index in [1.54, 1.807) is 7.11 Å². The van der Waals surface area contributed by atoms with Crippen LogP contribution in [-0.2, 0) is 14.3 Å². The highest BCUT2D eigenvalue weighted by atomic mass is 16.5. The van der Waals surface area contributed by atoms with Gasteiger partial charge in [-0.1, -0.05) is 6.92 Å². The summed E-state index contributed by atoms with van der Waals surface area (Å²) in [5.74, 6) is -0.00301. The summed E-state index contributed by atoms with van der Waals surface area (Å²) in [6.07, 6.45) is 6.10. The van der Waals surface area contributed by atoms with Crippen molar-refractivity contribution in [3.8, 4) is 0 Å². The number of carbonyl (C=O) groups is 1. The first kappa shape index (κ1) is 13.8. The third kappa shape index (κ3) is 2.86. The van der Waals surface area contributed by atoms with Gasteiger partial charge >= 0.3 is 5.97 Å². The number of methoxy groups -OCH3 is 1. The minimum absolute atomic E-state index is 0.00301. The van der Waals surface area contributed by atoms with Gasteiger partial charge in [-0.15, -0.1) is 0 Å². The number of nitrogens with one attached hydrogen (secondary N) is 1. The van der Waals surface area contributed by atoms with Crippen LogP contribution in [0.4, 0.5) is 0 Å². The Balaban J connectivity index is 1.90. The van der Waals surface area contributed by atoms with E-state index in [0.29, 0.717) is 0 Å². The Labute approximate surface area is 109 Å². The molecule has 3 unspecified atom stereocenters. The molecule has 0 spiro atoms. The van der Waals surface area contributed by atoms with Crippen molar-refractivity contribution >= 4 is 5.97 Å². The number of carbonyl (C=O) groups excluding carboxylic acids is 1. The van der Waals surface area contributed by atoms with Crippen molar-refractivity contribution in [2.75, 3.05) is 20.2 Å². The molecule has 4 heteroatoms. The zero-order valence-electron chi connectivity index (χ0n) is 11.5. The van der Waals surface area contributed by atoms with Crippen LogP contribution >= 0.6 is 0 Å². The maximum atomic E-state index is 12.4. The van der Waals surface area contributed by atoms with Crippen LogP contribution in [0.25, 0.3) is 0 Å². The molecule has 0 bridgehead atoms. The fourth-order valence-corrected chi connectivity index (χ4v) is 3.06. The van der Waals surface area contributed by atoms with E-state index in [1.807, 2.05) is 0 Å². The van der Waals surface area contributed by atoms with E-state index in [1.165, 1.54) is 0 Å². The summed E-state index contributed by atoms with van der Waals surface area (Å²) in [6, 6.07) is 0. The standard InChI is InChI=1S/C14H25NO3/c1-3-14(7-8-15-10-14)13(16)18-12-6-4-5-11(9-12)17-2/h11-12,15H,3-10H2,1-2H3. The smallest absolute Gasteiger partial charge is 0.313 e. The van der Waals surface area contributed by atoms with E-state index in [0.717, 1.165) is 51.6 Å². The van der Waals surface area contributed by atoms with Crippen LogP contribution in [-0.4, -0.2) is 38.4 Å². The highest BCUT2D eigenvalue weighted by Crippen LogP contribution is 2.33. The lowest BCUT2D eigenvalue weighted by Gasteiger charge is -2.32. The molecule has 0 aromatic rings. The Kier molecular flexibility index (Phi) is 4.62. The van der Waals surface area contributed by atoms with E-state index in [-0.39, 0.29) is 23.6 Å². The van der Waals surface area contributed by atoms with Crippen LogP contribution in [0.1, 0.15) is 45.4 Å². The molecule has 104 valence electrons. The molecule has 2 rings (SSSR count).